The zero-order valence-electron chi connectivity index (χ0n) is 16.9. The molecule has 0 saturated carbocycles. The van der Waals surface area contributed by atoms with Crippen molar-refractivity contribution in [3.8, 4) is 17.2 Å². The van der Waals surface area contributed by atoms with Crippen molar-refractivity contribution in [3.63, 3.8) is 0 Å². The summed E-state index contributed by atoms with van der Waals surface area (Å²) in [6.45, 7) is 4.20. The van der Waals surface area contributed by atoms with Crippen LogP contribution in [0.1, 0.15) is 32.3 Å². The van der Waals surface area contributed by atoms with Gasteiger partial charge in [-0.15, -0.1) is 5.10 Å². The van der Waals surface area contributed by atoms with Crippen molar-refractivity contribution in [2.24, 2.45) is 0 Å². The first-order valence-electron chi connectivity index (χ1n) is 9.89. The minimum absolute atomic E-state index is 0.150. The summed E-state index contributed by atoms with van der Waals surface area (Å²) in [5, 5.41) is 15.0. The Morgan fingerprint density at radius 1 is 1.20 bits per heavy atom. The van der Waals surface area contributed by atoms with Crippen LogP contribution in [0.4, 0.5) is 5.69 Å². The fourth-order valence-electron chi connectivity index (χ4n) is 3.03. The number of rotatable bonds is 8. The molecule has 156 valence electrons. The maximum Gasteiger partial charge on any atom is 0.237 e. The Kier molecular flexibility index (Phi) is 6.18. The standard InChI is InChI=1S/C21H23N5O3S/c1-3-4-5-15-6-9-17(10-7-15)26-21(23-24-25-26)30-14(2)20(27)22-16-8-11-18-19(12-16)29-13-28-18/h6-12,14H,3-5,13H2,1-2H3,(H,22,27). The van der Waals surface area contributed by atoms with Crippen LogP contribution in [0.2, 0.25) is 0 Å². The van der Waals surface area contributed by atoms with Crippen LogP contribution in [0, 0.1) is 0 Å². The van der Waals surface area contributed by atoms with Gasteiger partial charge < -0.3 is 14.8 Å². The Hall–Kier alpha value is -3.07. The molecule has 0 fully saturated rings. The zero-order valence-corrected chi connectivity index (χ0v) is 17.7. The molecular formula is C21H23N5O3S. The number of carbonyl (C=O) groups excluding carboxylic acids is 1. The van der Waals surface area contributed by atoms with Crippen LogP contribution in [-0.4, -0.2) is 38.2 Å². The molecule has 0 aliphatic carbocycles. The van der Waals surface area contributed by atoms with Gasteiger partial charge in [0.15, 0.2) is 11.5 Å². The van der Waals surface area contributed by atoms with E-state index < -0.39 is 5.25 Å². The van der Waals surface area contributed by atoms with Gasteiger partial charge in [-0.05, 0) is 60.0 Å². The zero-order chi connectivity index (χ0) is 20.9. The maximum atomic E-state index is 12.6. The predicted octanol–water partition coefficient (Wildman–Crippen LogP) is 3.85. The number of fused-ring (bicyclic) bond motifs is 1. The number of hydrogen-bond donors (Lipinski definition) is 1. The third-order valence-corrected chi connectivity index (χ3v) is 5.77. The molecule has 2 heterocycles. The summed E-state index contributed by atoms with van der Waals surface area (Å²) in [4.78, 5) is 12.6. The number of benzene rings is 2. The van der Waals surface area contributed by atoms with Gasteiger partial charge in [-0.1, -0.05) is 37.2 Å². The van der Waals surface area contributed by atoms with Crippen molar-refractivity contribution in [2.75, 3.05) is 12.1 Å². The molecule has 8 nitrogen and oxygen atoms in total. The predicted molar refractivity (Wildman–Crippen MR) is 114 cm³/mol. The number of hydrogen-bond acceptors (Lipinski definition) is 7. The number of anilines is 1. The largest absolute Gasteiger partial charge is 0.454 e. The molecule has 1 atom stereocenters. The molecule has 1 aromatic heterocycles. The van der Waals surface area contributed by atoms with Crippen LogP contribution in [0.3, 0.4) is 0 Å². The van der Waals surface area contributed by atoms with Crippen LogP contribution >= 0.6 is 11.8 Å². The van der Waals surface area contributed by atoms with E-state index in [9.17, 15) is 4.79 Å². The van der Waals surface area contributed by atoms with E-state index in [-0.39, 0.29) is 12.7 Å². The second kappa shape index (κ2) is 9.17. The highest BCUT2D eigenvalue weighted by molar-refractivity contribution is 8.00. The average Bonchev–Trinajstić information content (AvgIpc) is 3.41. The first-order valence-corrected chi connectivity index (χ1v) is 10.8. The van der Waals surface area contributed by atoms with Crippen LogP contribution in [0.15, 0.2) is 47.6 Å². The molecule has 0 saturated heterocycles. The summed E-state index contributed by atoms with van der Waals surface area (Å²) in [6, 6.07) is 13.5. The summed E-state index contributed by atoms with van der Waals surface area (Å²) in [5.41, 5.74) is 2.81. The van der Waals surface area contributed by atoms with Gasteiger partial charge in [-0.25, -0.2) is 0 Å². The van der Waals surface area contributed by atoms with E-state index in [1.165, 1.54) is 30.2 Å². The third kappa shape index (κ3) is 4.56. The smallest absolute Gasteiger partial charge is 0.237 e. The minimum atomic E-state index is -0.399. The normalized spacial score (nSPS) is 13.3. The van der Waals surface area contributed by atoms with Gasteiger partial charge in [0.2, 0.25) is 17.9 Å². The second-order valence-corrected chi connectivity index (χ2v) is 8.27. The number of nitrogens with one attached hydrogen (secondary N) is 1. The summed E-state index contributed by atoms with van der Waals surface area (Å²) in [6.07, 6.45) is 3.40. The van der Waals surface area contributed by atoms with Crippen molar-refractivity contribution < 1.29 is 14.3 Å². The molecule has 1 aliphatic rings. The molecule has 4 rings (SSSR count). The number of nitrogens with zero attached hydrogens (tertiary/aromatic N) is 4. The lowest BCUT2D eigenvalue weighted by Gasteiger charge is -2.12. The van der Waals surface area contributed by atoms with Crippen LogP contribution < -0.4 is 14.8 Å². The first-order chi connectivity index (χ1) is 14.6. The molecule has 1 amide bonds. The lowest BCUT2D eigenvalue weighted by atomic mass is 10.1. The second-order valence-electron chi connectivity index (χ2n) is 6.96. The van der Waals surface area contributed by atoms with E-state index in [4.69, 9.17) is 9.47 Å². The van der Waals surface area contributed by atoms with Crippen LogP contribution in [-0.2, 0) is 11.2 Å². The van der Waals surface area contributed by atoms with Crippen molar-refractivity contribution in [2.45, 2.75) is 43.5 Å². The average molecular weight is 426 g/mol. The van der Waals surface area contributed by atoms with Gasteiger partial charge in [0, 0.05) is 11.8 Å². The number of unbranched alkanes of at least 4 members (excludes halogenated alkanes) is 1. The third-order valence-electron chi connectivity index (χ3n) is 4.73. The summed E-state index contributed by atoms with van der Waals surface area (Å²) in [7, 11) is 0. The Morgan fingerprint density at radius 2 is 2.00 bits per heavy atom. The van der Waals surface area contributed by atoms with E-state index in [1.54, 1.807) is 22.9 Å². The van der Waals surface area contributed by atoms with Crippen LogP contribution in [0.25, 0.3) is 5.69 Å². The topological polar surface area (TPSA) is 91.2 Å². The quantitative estimate of drug-likeness (QED) is 0.548. The summed E-state index contributed by atoms with van der Waals surface area (Å²) >= 11 is 1.30. The lowest BCUT2D eigenvalue weighted by Crippen LogP contribution is -2.22. The number of tetrazole rings is 1. The first kappa shape index (κ1) is 20.2. The SMILES string of the molecule is CCCCc1ccc(-n2nnnc2SC(C)C(=O)Nc2ccc3c(c2)OCO3)cc1. The number of thioether (sulfide) groups is 1. The molecule has 3 aromatic rings. The van der Waals surface area contributed by atoms with E-state index in [1.807, 2.05) is 19.1 Å². The molecule has 1 aliphatic heterocycles. The minimum Gasteiger partial charge on any atom is -0.454 e. The van der Waals surface area contributed by atoms with Crippen LogP contribution in [0.5, 0.6) is 11.5 Å². The molecule has 1 unspecified atom stereocenters. The molecular weight excluding hydrogens is 402 g/mol. The summed E-state index contributed by atoms with van der Waals surface area (Å²) < 4.78 is 12.3. The molecule has 9 heteroatoms. The van der Waals surface area contributed by atoms with E-state index in [0.29, 0.717) is 22.3 Å². The number of amides is 1. The molecule has 0 radical (unpaired) electrons. The van der Waals surface area contributed by atoms with Crippen molar-refractivity contribution in [1.82, 2.24) is 20.2 Å². The van der Waals surface area contributed by atoms with E-state index in [0.717, 1.165) is 12.1 Å². The van der Waals surface area contributed by atoms with Gasteiger partial charge in [0.25, 0.3) is 0 Å². The maximum absolute atomic E-state index is 12.6. The lowest BCUT2D eigenvalue weighted by molar-refractivity contribution is -0.115. The number of ether oxygens (including phenoxy) is 2. The highest BCUT2D eigenvalue weighted by atomic mass is 32.2. The van der Waals surface area contributed by atoms with Crippen molar-refractivity contribution in [3.05, 3.63) is 48.0 Å². The Balaban J connectivity index is 1.41. The molecule has 30 heavy (non-hydrogen) atoms. The van der Waals surface area contributed by atoms with Gasteiger partial charge in [-0.3, -0.25) is 4.79 Å². The number of carbonyl (C=O) groups is 1. The fraction of sp³-hybridized carbons (Fsp3) is 0.333. The monoisotopic (exact) mass is 425 g/mol. The molecule has 0 bridgehead atoms. The van der Waals surface area contributed by atoms with Gasteiger partial charge in [0.1, 0.15) is 0 Å². The molecule has 1 N–H and O–H groups in total. The Bertz CT molecular complexity index is 1020. The number of aryl methyl sites for hydroxylation is 1. The molecule has 2 aromatic carbocycles. The van der Waals surface area contributed by atoms with Crippen molar-refractivity contribution in [1.29, 1.82) is 0 Å². The fourth-order valence-corrected chi connectivity index (χ4v) is 3.84. The Labute approximate surface area is 179 Å². The van der Waals surface area contributed by atoms with E-state index >= 15 is 0 Å². The summed E-state index contributed by atoms with van der Waals surface area (Å²) in [5.74, 6) is 1.15. The number of aromatic nitrogens is 4. The highest BCUT2D eigenvalue weighted by Gasteiger charge is 2.21. The van der Waals surface area contributed by atoms with E-state index in [2.05, 4.69) is 39.9 Å². The Morgan fingerprint density at radius 3 is 2.80 bits per heavy atom. The van der Waals surface area contributed by atoms with Crippen molar-refractivity contribution >= 4 is 23.4 Å². The highest BCUT2D eigenvalue weighted by Crippen LogP contribution is 2.34. The molecule has 0 spiro atoms. The van der Waals surface area contributed by atoms with Gasteiger partial charge >= 0.3 is 0 Å². The van der Waals surface area contributed by atoms with Gasteiger partial charge in [-0.2, -0.15) is 4.68 Å². The van der Waals surface area contributed by atoms with Gasteiger partial charge in [0.05, 0.1) is 10.9 Å².